The molecule has 1 saturated heterocycles. The molecule has 1 amide bonds. The van der Waals surface area contributed by atoms with E-state index in [-0.39, 0.29) is 17.9 Å². The predicted molar refractivity (Wildman–Crippen MR) is 108 cm³/mol. The molecule has 2 heterocycles. The SMILES string of the molecule is CCC(CC)NC(=O)C1CCCN(Cc2nc(-c3cccc(Br)c3)no2)C1. The molecular formula is C20H27BrN4O2. The maximum Gasteiger partial charge on any atom is 0.241 e. The highest BCUT2D eigenvalue weighted by Crippen LogP contribution is 2.22. The lowest BCUT2D eigenvalue weighted by Gasteiger charge is -2.31. The number of amides is 1. The van der Waals surface area contributed by atoms with Crippen LogP contribution < -0.4 is 5.32 Å². The van der Waals surface area contributed by atoms with Crippen LogP contribution in [0.3, 0.4) is 0 Å². The lowest BCUT2D eigenvalue weighted by molar-refractivity contribution is -0.127. The second-order valence-electron chi connectivity index (χ2n) is 7.12. The Morgan fingerprint density at radius 1 is 1.41 bits per heavy atom. The molecule has 0 radical (unpaired) electrons. The normalized spacial score (nSPS) is 18.0. The van der Waals surface area contributed by atoms with Gasteiger partial charge >= 0.3 is 0 Å². The van der Waals surface area contributed by atoms with E-state index in [0.717, 1.165) is 48.8 Å². The first-order valence-corrected chi connectivity index (χ1v) is 10.5. The third-order valence-corrected chi connectivity index (χ3v) is 5.61. The van der Waals surface area contributed by atoms with E-state index < -0.39 is 0 Å². The largest absolute Gasteiger partial charge is 0.353 e. The van der Waals surface area contributed by atoms with Gasteiger partial charge in [-0.1, -0.05) is 47.1 Å². The first-order valence-electron chi connectivity index (χ1n) is 9.70. The number of carbonyl (C=O) groups excluding carboxylic acids is 1. The smallest absolute Gasteiger partial charge is 0.241 e. The van der Waals surface area contributed by atoms with E-state index in [1.54, 1.807) is 0 Å². The zero-order valence-electron chi connectivity index (χ0n) is 15.9. The molecule has 0 aliphatic carbocycles. The second kappa shape index (κ2) is 9.46. The van der Waals surface area contributed by atoms with Gasteiger partial charge in [0.25, 0.3) is 0 Å². The summed E-state index contributed by atoms with van der Waals surface area (Å²) in [6.45, 7) is 6.49. The summed E-state index contributed by atoms with van der Waals surface area (Å²) < 4.78 is 6.42. The van der Waals surface area contributed by atoms with Crippen molar-refractivity contribution in [2.75, 3.05) is 13.1 Å². The Hall–Kier alpha value is -1.73. The predicted octanol–water partition coefficient (Wildman–Crippen LogP) is 4.02. The van der Waals surface area contributed by atoms with Crippen LogP contribution in [-0.4, -0.2) is 40.1 Å². The van der Waals surface area contributed by atoms with E-state index in [1.165, 1.54) is 0 Å². The molecule has 0 spiro atoms. The van der Waals surface area contributed by atoms with Crippen LogP contribution in [-0.2, 0) is 11.3 Å². The first-order chi connectivity index (χ1) is 13.1. The lowest BCUT2D eigenvalue weighted by Crippen LogP contribution is -2.45. The number of hydrogen-bond donors (Lipinski definition) is 1. The Labute approximate surface area is 168 Å². The van der Waals surface area contributed by atoms with Crippen molar-refractivity contribution in [2.45, 2.75) is 52.1 Å². The Morgan fingerprint density at radius 2 is 2.22 bits per heavy atom. The second-order valence-corrected chi connectivity index (χ2v) is 8.03. The van der Waals surface area contributed by atoms with E-state index in [1.807, 2.05) is 24.3 Å². The van der Waals surface area contributed by atoms with Crippen molar-refractivity contribution >= 4 is 21.8 Å². The molecule has 6 nitrogen and oxygen atoms in total. The maximum absolute atomic E-state index is 12.6. The van der Waals surface area contributed by atoms with Crippen LogP contribution in [0.2, 0.25) is 0 Å². The third kappa shape index (κ3) is 5.39. The molecule has 1 atom stereocenters. The minimum absolute atomic E-state index is 0.0341. The lowest BCUT2D eigenvalue weighted by atomic mass is 9.96. The average molecular weight is 435 g/mol. The van der Waals surface area contributed by atoms with Crippen molar-refractivity contribution < 1.29 is 9.32 Å². The molecule has 1 unspecified atom stereocenters. The van der Waals surface area contributed by atoms with Crippen molar-refractivity contribution in [1.82, 2.24) is 20.4 Å². The van der Waals surface area contributed by atoms with Crippen molar-refractivity contribution in [2.24, 2.45) is 5.92 Å². The van der Waals surface area contributed by atoms with Crippen molar-refractivity contribution in [3.63, 3.8) is 0 Å². The summed E-state index contributed by atoms with van der Waals surface area (Å²) in [4.78, 5) is 19.3. The third-order valence-electron chi connectivity index (χ3n) is 5.12. The molecule has 7 heteroatoms. The average Bonchev–Trinajstić information content (AvgIpc) is 3.14. The van der Waals surface area contributed by atoms with Crippen LogP contribution in [0.25, 0.3) is 11.4 Å². The van der Waals surface area contributed by atoms with Crippen LogP contribution in [0.5, 0.6) is 0 Å². The number of benzene rings is 1. The zero-order valence-corrected chi connectivity index (χ0v) is 17.5. The fourth-order valence-corrected chi connectivity index (χ4v) is 3.88. The number of nitrogens with one attached hydrogen (secondary N) is 1. The van der Waals surface area contributed by atoms with Gasteiger partial charge in [0.15, 0.2) is 0 Å². The molecule has 2 aromatic rings. The summed E-state index contributed by atoms with van der Waals surface area (Å²) in [5, 5.41) is 7.28. The van der Waals surface area contributed by atoms with Gasteiger partial charge in [-0.3, -0.25) is 9.69 Å². The highest BCUT2D eigenvalue weighted by molar-refractivity contribution is 9.10. The number of rotatable bonds is 7. The van der Waals surface area contributed by atoms with Gasteiger partial charge in [0, 0.05) is 22.6 Å². The highest BCUT2D eigenvalue weighted by atomic mass is 79.9. The number of aromatic nitrogens is 2. The van der Waals surface area contributed by atoms with Gasteiger partial charge in [0.1, 0.15) is 0 Å². The van der Waals surface area contributed by atoms with Gasteiger partial charge in [0.05, 0.1) is 12.5 Å². The van der Waals surface area contributed by atoms with Crippen LogP contribution in [0.1, 0.15) is 45.4 Å². The summed E-state index contributed by atoms with van der Waals surface area (Å²) in [5.41, 5.74) is 0.917. The van der Waals surface area contributed by atoms with Gasteiger partial charge < -0.3 is 9.84 Å². The topological polar surface area (TPSA) is 71.3 Å². The summed E-state index contributed by atoms with van der Waals surface area (Å²) >= 11 is 3.46. The summed E-state index contributed by atoms with van der Waals surface area (Å²) in [6, 6.07) is 8.11. The summed E-state index contributed by atoms with van der Waals surface area (Å²) in [7, 11) is 0. The molecule has 1 aromatic carbocycles. The number of nitrogens with zero attached hydrogens (tertiary/aromatic N) is 3. The van der Waals surface area contributed by atoms with E-state index in [0.29, 0.717) is 18.3 Å². The Morgan fingerprint density at radius 3 is 2.96 bits per heavy atom. The quantitative estimate of drug-likeness (QED) is 0.712. The fraction of sp³-hybridized carbons (Fsp3) is 0.550. The molecule has 1 aliphatic rings. The van der Waals surface area contributed by atoms with Crippen LogP contribution in [0.15, 0.2) is 33.3 Å². The summed E-state index contributed by atoms with van der Waals surface area (Å²) in [5.74, 6) is 1.39. The Bertz CT molecular complexity index is 760. The standard InChI is InChI=1S/C20H27BrN4O2/c1-3-17(4-2)22-20(26)15-8-6-10-25(12-15)13-18-23-19(24-27-18)14-7-5-9-16(21)11-14/h5,7,9,11,15,17H,3-4,6,8,10,12-13H2,1-2H3,(H,22,26). The molecule has 27 heavy (non-hydrogen) atoms. The molecule has 1 N–H and O–H groups in total. The van der Waals surface area contributed by atoms with Crippen LogP contribution >= 0.6 is 15.9 Å². The van der Waals surface area contributed by atoms with E-state index in [2.05, 4.69) is 50.1 Å². The van der Waals surface area contributed by atoms with E-state index in [4.69, 9.17) is 4.52 Å². The van der Waals surface area contributed by atoms with Gasteiger partial charge in [-0.25, -0.2) is 0 Å². The Balaban J connectivity index is 1.59. The molecule has 0 saturated carbocycles. The zero-order chi connectivity index (χ0) is 19.2. The van der Waals surface area contributed by atoms with Gasteiger partial charge in [-0.05, 0) is 44.4 Å². The number of piperidine rings is 1. The highest BCUT2D eigenvalue weighted by Gasteiger charge is 2.27. The molecule has 1 fully saturated rings. The van der Waals surface area contributed by atoms with Crippen LogP contribution in [0, 0.1) is 5.92 Å². The van der Waals surface area contributed by atoms with Gasteiger partial charge in [0.2, 0.25) is 17.6 Å². The molecule has 1 aromatic heterocycles. The van der Waals surface area contributed by atoms with Crippen molar-refractivity contribution in [1.29, 1.82) is 0 Å². The first kappa shape index (κ1) is 20.0. The number of halogens is 1. The molecule has 146 valence electrons. The van der Waals surface area contributed by atoms with E-state index >= 15 is 0 Å². The minimum Gasteiger partial charge on any atom is -0.353 e. The molecule has 3 rings (SSSR count). The van der Waals surface area contributed by atoms with Crippen molar-refractivity contribution in [3.05, 3.63) is 34.6 Å². The molecular weight excluding hydrogens is 408 g/mol. The van der Waals surface area contributed by atoms with Gasteiger partial charge in [-0.2, -0.15) is 4.98 Å². The maximum atomic E-state index is 12.6. The monoisotopic (exact) mass is 434 g/mol. The number of likely N-dealkylation sites (tertiary alicyclic amines) is 1. The molecule has 1 aliphatic heterocycles. The fourth-order valence-electron chi connectivity index (χ4n) is 3.48. The van der Waals surface area contributed by atoms with Crippen LogP contribution in [0.4, 0.5) is 0 Å². The molecule has 0 bridgehead atoms. The minimum atomic E-state index is 0.0341. The summed E-state index contributed by atoms with van der Waals surface area (Å²) in [6.07, 6.45) is 3.89. The van der Waals surface area contributed by atoms with Gasteiger partial charge in [-0.15, -0.1) is 0 Å². The van der Waals surface area contributed by atoms with Crippen molar-refractivity contribution in [3.8, 4) is 11.4 Å². The Kier molecular flexibility index (Phi) is 7.01. The number of carbonyl (C=O) groups is 1. The number of hydrogen-bond acceptors (Lipinski definition) is 5. The van der Waals surface area contributed by atoms with E-state index in [9.17, 15) is 4.79 Å².